The highest BCUT2D eigenvalue weighted by Crippen LogP contribution is 2.26. The second kappa shape index (κ2) is 3.56. The lowest BCUT2D eigenvalue weighted by Gasteiger charge is -2.37. The van der Waals surface area contributed by atoms with Crippen molar-refractivity contribution in [3.63, 3.8) is 0 Å². The number of nitrogens with one attached hydrogen (secondary N) is 1. The Kier molecular flexibility index (Phi) is 2.42. The first kappa shape index (κ1) is 8.85. The average Bonchev–Trinajstić information content (AvgIpc) is 2.01. The van der Waals surface area contributed by atoms with Crippen molar-refractivity contribution in [2.24, 2.45) is 0 Å². The van der Waals surface area contributed by atoms with Crippen LogP contribution in [0.15, 0.2) is 24.3 Å². The number of anilines is 1. The molecule has 0 radical (unpaired) electrons. The molecule has 0 aromatic heterocycles. The van der Waals surface area contributed by atoms with Crippen LogP contribution in [-0.4, -0.2) is 26.2 Å². The molecule has 1 saturated heterocycles. The fraction of sp³-hybridized carbons (Fsp3) is 0.400. The summed E-state index contributed by atoms with van der Waals surface area (Å²) in [5.74, 6) is 0. The van der Waals surface area contributed by atoms with Gasteiger partial charge in [-0.05, 0) is 12.1 Å². The molecule has 0 spiro atoms. The molecule has 1 aromatic carbocycles. The number of halogens is 1. The number of hydrogen-bond acceptors (Lipinski definition) is 2. The normalized spacial score (nSPS) is 16.8. The first-order valence-corrected chi connectivity index (χ1v) is 4.85. The molecule has 70 valence electrons. The van der Waals surface area contributed by atoms with Gasteiger partial charge in [-0.1, -0.05) is 23.7 Å². The number of hydrogen-bond donors (Lipinski definition) is 1. The minimum atomic E-state index is 0.597. The molecule has 0 bridgehead atoms. The monoisotopic (exact) mass is 196 g/mol. The highest BCUT2D eigenvalue weighted by Gasteiger charge is 2.22. The van der Waals surface area contributed by atoms with Gasteiger partial charge in [-0.15, -0.1) is 0 Å². The standard InChI is InChI=1S/C10H13ClN2/c1-13(8-6-12-7-8)10-5-3-2-4-9(10)11/h2-5,8,12H,6-7H2,1H3. The Hall–Kier alpha value is -0.730. The summed E-state index contributed by atoms with van der Waals surface area (Å²) in [6.07, 6.45) is 0. The Morgan fingerprint density at radius 1 is 1.38 bits per heavy atom. The average molecular weight is 197 g/mol. The van der Waals surface area contributed by atoms with Gasteiger partial charge in [0.05, 0.1) is 16.8 Å². The lowest BCUT2D eigenvalue weighted by atomic mass is 10.1. The molecule has 0 unspecified atom stereocenters. The smallest absolute Gasteiger partial charge is 0.0639 e. The highest BCUT2D eigenvalue weighted by molar-refractivity contribution is 6.33. The lowest BCUT2D eigenvalue weighted by molar-refractivity contribution is 0.429. The molecule has 0 saturated carbocycles. The number of benzene rings is 1. The van der Waals surface area contributed by atoms with Gasteiger partial charge in [0, 0.05) is 20.1 Å². The maximum Gasteiger partial charge on any atom is 0.0639 e. The van der Waals surface area contributed by atoms with Gasteiger partial charge in [0.15, 0.2) is 0 Å². The Balaban J connectivity index is 2.18. The largest absolute Gasteiger partial charge is 0.368 e. The molecular weight excluding hydrogens is 184 g/mol. The van der Waals surface area contributed by atoms with Crippen molar-refractivity contribution in [1.82, 2.24) is 5.32 Å². The second-order valence-electron chi connectivity index (χ2n) is 3.37. The van der Waals surface area contributed by atoms with Crippen LogP contribution in [0.5, 0.6) is 0 Å². The van der Waals surface area contributed by atoms with Crippen LogP contribution in [-0.2, 0) is 0 Å². The van der Waals surface area contributed by atoms with Crippen LogP contribution in [0, 0.1) is 0 Å². The van der Waals surface area contributed by atoms with Gasteiger partial charge in [0.1, 0.15) is 0 Å². The SMILES string of the molecule is CN(c1ccccc1Cl)C1CNC1. The van der Waals surface area contributed by atoms with Gasteiger partial charge < -0.3 is 10.2 Å². The van der Waals surface area contributed by atoms with Gasteiger partial charge >= 0.3 is 0 Å². The summed E-state index contributed by atoms with van der Waals surface area (Å²) in [7, 11) is 2.09. The molecular formula is C10H13ClN2. The van der Waals surface area contributed by atoms with Crippen LogP contribution in [0.3, 0.4) is 0 Å². The minimum absolute atomic E-state index is 0.597. The van der Waals surface area contributed by atoms with Crippen LogP contribution in [0.25, 0.3) is 0 Å². The number of para-hydroxylation sites is 1. The first-order chi connectivity index (χ1) is 6.29. The molecule has 2 nitrogen and oxygen atoms in total. The Morgan fingerprint density at radius 2 is 2.08 bits per heavy atom. The summed E-state index contributed by atoms with van der Waals surface area (Å²) >= 11 is 6.08. The quantitative estimate of drug-likeness (QED) is 0.776. The molecule has 1 heterocycles. The third-order valence-corrected chi connectivity index (χ3v) is 2.86. The van der Waals surface area contributed by atoms with E-state index in [1.807, 2.05) is 18.2 Å². The van der Waals surface area contributed by atoms with Crippen molar-refractivity contribution in [1.29, 1.82) is 0 Å². The first-order valence-electron chi connectivity index (χ1n) is 4.47. The minimum Gasteiger partial charge on any atom is -0.368 e. The predicted molar refractivity (Wildman–Crippen MR) is 56.5 cm³/mol. The fourth-order valence-electron chi connectivity index (χ4n) is 1.48. The zero-order valence-corrected chi connectivity index (χ0v) is 8.38. The van der Waals surface area contributed by atoms with E-state index >= 15 is 0 Å². The summed E-state index contributed by atoms with van der Waals surface area (Å²) in [5, 5.41) is 4.08. The van der Waals surface area contributed by atoms with Crippen molar-refractivity contribution in [2.45, 2.75) is 6.04 Å². The molecule has 1 aromatic rings. The third-order valence-electron chi connectivity index (χ3n) is 2.54. The molecule has 0 amide bonds. The summed E-state index contributed by atoms with van der Waals surface area (Å²) in [6, 6.07) is 8.56. The highest BCUT2D eigenvalue weighted by atomic mass is 35.5. The van der Waals surface area contributed by atoms with E-state index < -0.39 is 0 Å². The summed E-state index contributed by atoms with van der Waals surface area (Å²) in [5.41, 5.74) is 1.12. The van der Waals surface area contributed by atoms with Gasteiger partial charge in [-0.3, -0.25) is 0 Å². The van der Waals surface area contributed by atoms with Crippen molar-refractivity contribution in [3.8, 4) is 0 Å². The lowest BCUT2D eigenvalue weighted by Crippen LogP contribution is -2.56. The second-order valence-corrected chi connectivity index (χ2v) is 3.78. The van der Waals surface area contributed by atoms with E-state index in [1.165, 1.54) is 0 Å². The van der Waals surface area contributed by atoms with E-state index in [1.54, 1.807) is 0 Å². The van der Waals surface area contributed by atoms with Crippen LogP contribution in [0.4, 0.5) is 5.69 Å². The zero-order chi connectivity index (χ0) is 9.26. The summed E-state index contributed by atoms with van der Waals surface area (Å²) in [6.45, 7) is 2.11. The van der Waals surface area contributed by atoms with Crippen molar-refractivity contribution in [2.75, 3.05) is 25.0 Å². The van der Waals surface area contributed by atoms with Gasteiger partial charge in [-0.2, -0.15) is 0 Å². The Bertz CT molecular complexity index is 297. The van der Waals surface area contributed by atoms with E-state index in [9.17, 15) is 0 Å². The Morgan fingerprint density at radius 3 is 2.62 bits per heavy atom. The molecule has 3 heteroatoms. The number of rotatable bonds is 2. The predicted octanol–water partition coefficient (Wildman–Crippen LogP) is 1.75. The topological polar surface area (TPSA) is 15.3 Å². The summed E-state index contributed by atoms with van der Waals surface area (Å²) < 4.78 is 0. The molecule has 0 aliphatic carbocycles. The molecule has 1 aliphatic heterocycles. The maximum atomic E-state index is 6.08. The Labute approximate surface area is 83.5 Å². The molecule has 0 atom stereocenters. The number of nitrogens with zero attached hydrogens (tertiary/aromatic N) is 1. The van der Waals surface area contributed by atoms with Crippen molar-refractivity contribution < 1.29 is 0 Å². The van der Waals surface area contributed by atoms with Crippen LogP contribution >= 0.6 is 11.6 Å². The fourth-order valence-corrected chi connectivity index (χ4v) is 1.75. The molecule has 13 heavy (non-hydrogen) atoms. The van der Waals surface area contributed by atoms with Gasteiger partial charge in [0.2, 0.25) is 0 Å². The van der Waals surface area contributed by atoms with E-state index in [0.717, 1.165) is 23.8 Å². The molecule has 1 N–H and O–H groups in total. The summed E-state index contributed by atoms with van der Waals surface area (Å²) in [4.78, 5) is 2.23. The van der Waals surface area contributed by atoms with E-state index in [-0.39, 0.29) is 0 Å². The van der Waals surface area contributed by atoms with Crippen molar-refractivity contribution in [3.05, 3.63) is 29.3 Å². The van der Waals surface area contributed by atoms with Gasteiger partial charge in [-0.25, -0.2) is 0 Å². The molecule has 1 fully saturated rings. The van der Waals surface area contributed by atoms with Crippen molar-refractivity contribution >= 4 is 17.3 Å². The zero-order valence-electron chi connectivity index (χ0n) is 7.63. The van der Waals surface area contributed by atoms with E-state index in [4.69, 9.17) is 11.6 Å². The maximum absolute atomic E-state index is 6.08. The van der Waals surface area contributed by atoms with E-state index in [2.05, 4.69) is 23.3 Å². The molecule has 2 rings (SSSR count). The van der Waals surface area contributed by atoms with Gasteiger partial charge in [0.25, 0.3) is 0 Å². The van der Waals surface area contributed by atoms with Crippen LogP contribution in [0.2, 0.25) is 5.02 Å². The van der Waals surface area contributed by atoms with E-state index in [0.29, 0.717) is 6.04 Å². The van der Waals surface area contributed by atoms with Crippen LogP contribution in [0.1, 0.15) is 0 Å². The molecule has 1 aliphatic rings. The number of likely N-dealkylation sites (N-methyl/N-ethyl adjacent to an activating group) is 1. The third kappa shape index (κ3) is 1.64. The van der Waals surface area contributed by atoms with Crippen LogP contribution < -0.4 is 10.2 Å².